The van der Waals surface area contributed by atoms with Crippen molar-refractivity contribution in [3.8, 4) is 0 Å². The van der Waals surface area contributed by atoms with Gasteiger partial charge in [-0.3, -0.25) is 0 Å². The van der Waals surface area contributed by atoms with Crippen LogP contribution in [-0.4, -0.2) is 37.1 Å². The predicted octanol–water partition coefficient (Wildman–Crippen LogP) is 0.783. The summed E-state index contributed by atoms with van der Waals surface area (Å²) in [5.41, 5.74) is 0. The molecule has 0 spiro atoms. The summed E-state index contributed by atoms with van der Waals surface area (Å²) in [4.78, 5) is 10.6. The van der Waals surface area contributed by atoms with E-state index in [1.54, 1.807) is 0 Å². The van der Waals surface area contributed by atoms with Crippen molar-refractivity contribution in [2.45, 2.75) is 39.5 Å². The maximum Gasteiger partial charge on any atom is 0.119 e. The summed E-state index contributed by atoms with van der Waals surface area (Å²) in [6.45, 7) is 6.31. The summed E-state index contributed by atoms with van der Waals surface area (Å²) in [6.07, 6.45) is 4.42. The summed E-state index contributed by atoms with van der Waals surface area (Å²) < 4.78 is 0.629. The maximum absolute atomic E-state index is 10.6. The summed E-state index contributed by atoms with van der Waals surface area (Å²) >= 11 is 0. The van der Waals surface area contributed by atoms with E-state index >= 15 is 0 Å². The van der Waals surface area contributed by atoms with E-state index in [2.05, 4.69) is 13.8 Å². The lowest BCUT2D eigenvalue weighted by Gasteiger charge is -2.35. The Morgan fingerprint density at radius 2 is 1.57 bits per heavy atom. The van der Waals surface area contributed by atoms with Crippen LogP contribution in [0.15, 0.2) is 0 Å². The second-order valence-corrected chi connectivity index (χ2v) is 4.30. The lowest BCUT2D eigenvalue weighted by Crippen LogP contribution is -2.52. The van der Waals surface area contributed by atoms with E-state index in [9.17, 15) is 9.90 Å². The molecule has 0 atom stereocenters. The van der Waals surface area contributed by atoms with Crippen LogP contribution in [-0.2, 0) is 4.79 Å². The van der Waals surface area contributed by atoms with Crippen LogP contribution in [0.25, 0.3) is 0 Å². The predicted molar refractivity (Wildman–Crippen MR) is 55.6 cm³/mol. The highest BCUT2D eigenvalue weighted by Crippen LogP contribution is 2.07. The van der Waals surface area contributed by atoms with E-state index < -0.39 is 5.97 Å². The molecule has 84 valence electrons. The molecule has 0 bridgehead atoms. The van der Waals surface area contributed by atoms with Gasteiger partial charge in [-0.2, -0.15) is 0 Å². The normalized spacial score (nSPS) is 11.6. The first-order valence-electron chi connectivity index (χ1n) is 5.57. The van der Waals surface area contributed by atoms with Crippen molar-refractivity contribution >= 4 is 5.97 Å². The van der Waals surface area contributed by atoms with E-state index in [4.69, 9.17) is 0 Å². The second kappa shape index (κ2) is 6.82. The zero-order chi connectivity index (χ0) is 11.0. The Kier molecular flexibility index (Phi) is 6.54. The van der Waals surface area contributed by atoms with Gasteiger partial charge in [0.05, 0.1) is 26.1 Å². The minimum Gasteiger partial charge on any atom is -0.544 e. The molecule has 0 aliphatic rings. The van der Waals surface area contributed by atoms with E-state index in [-0.39, 0.29) is 6.54 Å². The second-order valence-electron chi connectivity index (χ2n) is 4.30. The van der Waals surface area contributed by atoms with Gasteiger partial charge in [0.2, 0.25) is 0 Å². The number of carboxylic acid groups (broad SMARTS) is 1. The number of nitrogens with zero attached hydrogens (tertiary/aromatic N) is 1. The molecular formula is C11H23NO2. The lowest BCUT2D eigenvalue weighted by molar-refractivity contribution is -0.904. The zero-order valence-corrected chi connectivity index (χ0v) is 9.71. The van der Waals surface area contributed by atoms with Crippen molar-refractivity contribution in [2.75, 3.05) is 26.7 Å². The molecule has 3 nitrogen and oxygen atoms in total. The highest BCUT2D eigenvalue weighted by Gasteiger charge is 2.20. The maximum atomic E-state index is 10.6. The van der Waals surface area contributed by atoms with Crippen LogP contribution in [0.5, 0.6) is 0 Å². The smallest absolute Gasteiger partial charge is 0.119 e. The molecule has 0 amide bonds. The van der Waals surface area contributed by atoms with Crippen molar-refractivity contribution < 1.29 is 14.4 Å². The molecule has 0 aromatic carbocycles. The Morgan fingerprint density at radius 3 is 1.86 bits per heavy atom. The van der Waals surface area contributed by atoms with Crippen LogP contribution in [0, 0.1) is 0 Å². The largest absolute Gasteiger partial charge is 0.544 e. The van der Waals surface area contributed by atoms with E-state index in [0.29, 0.717) is 4.48 Å². The quantitative estimate of drug-likeness (QED) is 0.545. The van der Waals surface area contributed by atoms with Gasteiger partial charge in [-0.05, 0) is 12.8 Å². The highest BCUT2D eigenvalue weighted by molar-refractivity contribution is 5.65. The van der Waals surface area contributed by atoms with Crippen LogP contribution >= 0.6 is 0 Å². The van der Waals surface area contributed by atoms with Crippen LogP contribution < -0.4 is 5.11 Å². The molecule has 14 heavy (non-hydrogen) atoms. The summed E-state index contributed by atoms with van der Waals surface area (Å²) in [5, 5.41) is 10.6. The van der Waals surface area contributed by atoms with Gasteiger partial charge in [-0.1, -0.05) is 26.7 Å². The minimum atomic E-state index is -0.931. The van der Waals surface area contributed by atoms with Crippen LogP contribution in [0.1, 0.15) is 39.5 Å². The van der Waals surface area contributed by atoms with E-state index in [1.165, 1.54) is 0 Å². The lowest BCUT2D eigenvalue weighted by atomic mass is 10.2. The van der Waals surface area contributed by atoms with Crippen molar-refractivity contribution in [2.24, 2.45) is 0 Å². The van der Waals surface area contributed by atoms with Gasteiger partial charge in [0.25, 0.3) is 0 Å². The number of carbonyl (C=O) groups excluding carboxylic acids is 1. The van der Waals surface area contributed by atoms with Gasteiger partial charge in [0.15, 0.2) is 0 Å². The van der Waals surface area contributed by atoms with Crippen molar-refractivity contribution in [3.63, 3.8) is 0 Å². The molecule has 0 heterocycles. The topological polar surface area (TPSA) is 40.1 Å². The Hall–Kier alpha value is -0.570. The first-order valence-corrected chi connectivity index (χ1v) is 5.57. The van der Waals surface area contributed by atoms with E-state index in [1.807, 2.05) is 7.05 Å². The molecule has 0 radical (unpaired) electrons. The number of carboxylic acids is 1. The molecule has 0 fully saturated rings. The number of likely N-dealkylation sites (N-methyl/N-ethyl adjacent to an activating group) is 1. The van der Waals surface area contributed by atoms with Crippen LogP contribution in [0.2, 0.25) is 0 Å². The van der Waals surface area contributed by atoms with Crippen LogP contribution in [0.3, 0.4) is 0 Å². The van der Waals surface area contributed by atoms with E-state index in [0.717, 1.165) is 38.8 Å². The standard InChI is InChI=1S/C11H23NO2/c1-4-6-8-12(3,9-7-5-2)10-11(13)14/h4-10H2,1-3H3. The molecule has 0 saturated carbocycles. The third-order valence-corrected chi connectivity index (χ3v) is 2.61. The van der Waals surface area contributed by atoms with Gasteiger partial charge in [0, 0.05) is 0 Å². The fraction of sp³-hybridized carbons (Fsp3) is 0.909. The minimum absolute atomic E-state index is 0.153. The molecule has 0 N–H and O–H groups in total. The molecule has 0 saturated heterocycles. The Bertz CT molecular complexity index is 161. The SMILES string of the molecule is CCCC[N+](C)(CCCC)CC(=O)[O-]. The van der Waals surface area contributed by atoms with Gasteiger partial charge >= 0.3 is 0 Å². The summed E-state index contributed by atoms with van der Waals surface area (Å²) in [7, 11) is 2.02. The molecule has 3 heteroatoms. The monoisotopic (exact) mass is 201 g/mol. The average Bonchev–Trinajstić information content (AvgIpc) is 2.11. The molecule has 0 unspecified atom stereocenters. The number of quaternary nitrogens is 1. The van der Waals surface area contributed by atoms with Gasteiger partial charge in [-0.25, -0.2) is 0 Å². The molecule has 0 aromatic heterocycles. The van der Waals surface area contributed by atoms with Crippen molar-refractivity contribution in [3.05, 3.63) is 0 Å². The molecule has 0 rings (SSSR count). The summed E-state index contributed by atoms with van der Waals surface area (Å²) in [6, 6.07) is 0. The molecular weight excluding hydrogens is 178 g/mol. The van der Waals surface area contributed by atoms with Crippen LogP contribution in [0.4, 0.5) is 0 Å². The Labute approximate surface area is 87.3 Å². The highest BCUT2D eigenvalue weighted by atomic mass is 16.4. The zero-order valence-electron chi connectivity index (χ0n) is 9.71. The fourth-order valence-electron chi connectivity index (χ4n) is 1.66. The van der Waals surface area contributed by atoms with Gasteiger partial charge in [-0.15, -0.1) is 0 Å². The van der Waals surface area contributed by atoms with Gasteiger partial charge < -0.3 is 14.4 Å². The number of hydrogen-bond acceptors (Lipinski definition) is 2. The number of unbranched alkanes of at least 4 members (excludes halogenated alkanes) is 2. The number of hydrogen-bond donors (Lipinski definition) is 0. The summed E-state index contributed by atoms with van der Waals surface area (Å²) in [5.74, 6) is -0.931. The van der Waals surface area contributed by atoms with Crippen molar-refractivity contribution in [1.82, 2.24) is 0 Å². The number of carbonyl (C=O) groups is 1. The molecule has 0 aromatic rings. The van der Waals surface area contributed by atoms with Crippen molar-refractivity contribution in [1.29, 1.82) is 0 Å². The fourth-order valence-corrected chi connectivity index (χ4v) is 1.66. The third kappa shape index (κ3) is 5.97. The first-order chi connectivity index (χ1) is 6.54. The first kappa shape index (κ1) is 13.4. The third-order valence-electron chi connectivity index (χ3n) is 2.61. The molecule has 0 aliphatic carbocycles. The average molecular weight is 201 g/mol. The Balaban J connectivity index is 4.09. The number of aliphatic carboxylic acids is 1. The molecule has 0 aliphatic heterocycles. The van der Waals surface area contributed by atoms with Gasteiger partial charge in [0.1, 0.15) is 6.54 Å². The Morgan fingerprint density at radius 1 is 1.14 bits per heavy atom. The number of rotatable bonds is 8.